The third-order valence-electron chi connectivity index (χ3n) is 9.57. The van der Waals surface area contributed by atoms with Crippen LogP contribution in [0.3, 0.4) is 0 Å². The van der Waals surface area contributed by atoms with Crippen LogP contribution >= 0.6 is 0 Å². The maximum absolute atomic E-state index is 13.4. The molecule has 10 nitrogen and oxygen atoms in total. The monoisotopic (exact) mass is 656 g/mol. The number of ketones is 1. The molecule has 10 heteroatoms. The normalized spacial score (nSPS) is 18.8. The molecule has 1 unspecified atom stereocenters. The largest absolute Gasteiger partial charge is 0.462 e. The van der Waals surface area contributed by atoms with E-state index in [1.54, 1.807) is 12.4 Å². The second-order valence-corrected chi connectivity index (χ2v) is 14.3. The molecule has 1 atom stereocenters. The highest BCUT2D eigenvalue weighted by atomic mass is 16.5. The van der Waals surface area contributed by atoms with E-state index in [-0.39, 0.29) is 23.2 Å². The number of carbonyl (C=O) groups is 3. The zero-order chi connectivity index (χ0) is 34.1. The third kappa shape index (κ3) is 9.30. The molecule has 6 rings (SSSR count). The number of hydrogen-bond acceptors (Lipinski definition) is 8. The summed E-state index contributed by atoms with van der Waals surface area (Å²) < 4.78 is 4.55. The molecular weight excluding hydrogens is 604 g/mol. The molecule has 1 aliphatic carbocycles. The number of piperidine rings is 1. The van der Waals surface area contributed by atoms with Gasteiger partial charge in [-0.05, 0) is 77.6 Å². The van der Waals surface area contributed by atoms with Gasteiger partial charge in [0.1, 0.15) is 11.1 Å². The van der Waals surface area contributed by atoms with Crippen molar-refractivity contribution in [3.8, 4) is 11.3 Å². The van der Waals surface area contributed by atoms with Gasteiger partial charge >= 0.3 is 0 Å². The fourth-order valence-corrected chi connectivity index (χ4v) is 6.72. The molecule has 1 saturated carbocycles. The van der Waals surface area contributed by atoms with Crippen LogP contribution in [-0.2, 0) is 14.3 Å². The van der Waals surface area contributed by atoms with Crippen LogP contribution in [-0.4, -0.2) is 82.9 Å². The first-order chi connectivity index (χ1) is 23.1. The number of aromatic amines is 1. The molecule has 2 saturated heterocycles. The minimum atomic E-state index is -0.318. The summed E-state index contributed by atoms with van der Waals surface area (Å²) in [7, 11) is 0. The number of piperazine rings is 1. The van der Waals surface area contributed by atoms with Crippen molar-refractivity contribution in [3.63, 3.8) is 0 Å². The maximum atomic E-state index is 13.4. The molecule has 0 radical (unpaired) electrons. The van der Waals surface area contributed by atoms with E-state index in [0.717, 1.165) is 69.1 Å². The van der Waals surface area contributed by atoms with Crippen molar-refractivity contribution in [2.75, 3.05) is 44.2 Å². The Balaban J connectivity index is 0.000000582. The molecule has 48 heavy (non-hydrogen) atoms. The van der Waals surface area contributed by atoms with E-state index in [2.05, 4.69) is 49.2 Å². The average Bonchev–Trinajstić information content (AvgIpc) is 3.54. The van der Waals surface area contributed by atoms with Gasteiger partial charge in [-0.2, -0.15) is 0 Å². The van der Waals surface area contributed by atoms with Gasteiger partial charge in [0.05, 0.1) is 17.5 Å². The topological polar surface area (TPSA) is 121 Å². The average molecular weight is 657 g/mol. The van der Waals surface area contributed by atoms with Gasteiger partial charge in [-0.1, -0.05) is 50.5 Å². The lowest BCUT2D eigenvalue weighted by Crippen LogP contribution is -2.51. The first kappa shape index (κ1) is 35.3. The van der Waals surface area contributed by atoms with Gasteiger partial charge in [-0.25, -0.2) is 9.97 Å². The fraction of sp³-hybridized carbons (Fsp3) is 0.553. The van der Waals surface area contributed by atoms with Crippen molar-refractivity contribution in [3.05, 3.63) is 54.4 Å². The smallest absolute Gasteiger partial charge is 0.293 e. The molecule has 2 N–H and O–H groups in total. The number of ether oxygens (including phenoxy) is 1. The third-order valence-corrected chi connectivity index (χ3v) is 9.57. The Bertz CT molecular complexity index is 1560. The van der Waals surface area contributed by atoms with Gasteiger partial charge in [0.25, 0.3) is 6.47 Å². The summed E-state index contributed by atoms with van der Waals surface area (Å²) in [5.74, 6) is 0.948. The van der Waals surface area contributed by atoms with Crippen LogP contribution in [0.4, 0.5) is 5.69 Å². The van der Waals surface area contributed by atoms with E-state index >= 15 is 0 Å². The van der Waals surface area contributed by atoms with Gasteiger partial charge in [-0.15, -0.1) is 0 Å². The summed E-state index contributed by atoms with van der Waals surface area (Å²) in [4.78, 5) is 53.0. The molecule has 2 aromatic heterocycles. The molecule has 4 heterocycles. The summed E-state index contributed by atoms with van der Waals surface area (Å²) in [6, 6.07) is 8.35. The van der Waals surface area contributed by atoms with E-state index < -0.39 is 0 Å². The number of Topliss-reactive ketones (excluding diaryl/α,β-unsaturated/α-hetero) is 1. The number of H-pyrrole nitrogens is 1. The highest BCUT2D eigenvalue weighted by Crippen LogP contribution is 2.29. The maximum Gasteiger partial charge on any atom is 0.293 e. The zero-order valence-corrected chi connectivity index (χ0v) is 29.0. The summed E-state index contributed by atoms with van der Waals surface area (Å²) in [6.07, 6.45) is 16.1. The van der Waals surface area contributed by atoms with E-state index in [4.69, 9.17) is 4.98 Å². The second kappa shape index (κ2) is 16.4. The van der Waals surface area contributed by atoms with E-state index in [1.807, 2.05) is 44.7 Å². The number of nitrogens with zero attached hydrogens (tertiary/aromatic N) is 4. The van der Waals surface area contributed by atoms with Crippen molar-refractivity contribution in [1.82, 2.24) is 25.2 Å². The molecule has 1 aromatic carbocycles. The van der Waals surface area contributed by atoms with Gasteiger partial charge in [0, 0.05) is 55.5 Å². The Labute approximate surface area is 284 Å². The Kier molecular flexibility index (Phi) is 12.0. The molecule has 258 valence electrons. The van der Waals surface area contributed by atoms with Crippen molar-refractivity contribution in [2.45, 2.75) is 78.2 Å². The van der Waals surface area contributed by atoms with Gasteiger partial charge < -0.3 is 24.8 Å². The van der Waals surface area contributed by atoms with Crippen LogP contribution in [0.5, 0.6) is 0 Å². The van der Waals surface area contributed by atoms with Crippen LogP contribution < -0.4 is 10.2 Å². The van der Waals surface area contributed by atoms with E-state index in [0.29, 0.717) is 35.0 Å². The lowest BCUT2D eigenvalue weighted by atomic mass is 9.88. The van der Waals surface area contributed by atoms with Crippen LogP contribution in [0.25, 0.3) is 22.4 Å². The molecule has 1 amide bonds. The molecular formula is C38H52N6O4. The van der Waals surface area contributed by atoms with Gasteiger partial charge in [-0.3, -0.25) is 14.4 Å². The Morgan fingerprint density at radius 3 is 2.42 bits per heavy atom. The number of amides is 1. The number of rotatable bonds is 8. The summed E-state index contributed by atoms with van der Waals surface area (Å²) in [5, 5.41) is 3.35. The number of allylic oxidation sites excluding steroid dienone is 2. The number of anilines is 1. The number of fused-ring (bicyclic) bond motifs is 1. The van der Waals surface area contributed by atoms with Crippen LogP contribution in [0, 0.1) is 17.8 Å². The second-order valence-electron chi connectivity index (χ2n) is 14.3. The number of aromatic nitrogens is 3. The predicted octanol–water partition coefficient (Wildman–Crippen LogP) is 6.19. The van der Waals surface area contributed by atoms with Crippen LogP contribution in [0.1, 0.15) is 83.0 Å². The predicted molar refractivity (Wildman–Crippen MR) is 190 cm³/mol. The zero-order valence-electron chi connectivity index (χ0n) is 29.0. The number of carbonyl (C=O) groups excluding carboxylic acids is 3. The molecule has 0 spiro atoms. The minimum absolute atomic E-state index is 0.0698. The quantitative estimate of drug-likeness (QED) is 0.167. The van der Waals surface area contributed by atoms with Crippen LogP contribution in [0.15, 0.2) is 48.8 Å². The van der Waals surface area contributed by atoms with Crippen molar-refractivity contribution in [1.29, 1.82) is 0 Å². The van der Waals surface area contributed by atoms with Crippen molar-refractivity contribution >= 4 is 35.0 Å². The SMILES string of the molecule is CC(C)(C)OC=O.CC(C=CC1CCCCC1)C(=O)c1c[nH]c2ncc(-c3cccc(N4CCN(C(=O)C5CCNCC5)CC4)c3)nc12. The standard InChI is InChI=1S/C33H42N6O2.C5H10O2/c1-23(10-11-24-6-3-2-4-7-24)31(40)28-21-35-32-30(28)37-29(22-36-32)26-8-5-9-27(20-26)38-16-18-39(19-17-38)33(41)25-12-14-34-15-13-25;1-5(2,3)7-4-6/h5,8-11,20-25,34H,2-4,6-7,12-19H2,1H3,(H,35,36);4H,1-3H3. The number of hydrogen-bond donors (Lipinski definition) is 2. The highest BCUT2D eigenvalue weighted by molar-refractivity contribution is 6.07. The lowest BCUT2D eigenvalue weighted by molar-refractivity contribution is -0.139. The summed E-state index contributed by atoms with van der Waals surface area (Å²) in [6.45, 7) is 12.9. The number of nitrogens with one attached hydrogen (secondary N) is 2. The molecule has 3 aliphatic rings. The fourth-order valence-electron chi connectivity index (χ4n) is 6.72. The molecule has 0 bridgehead atoms. The van der Waals surface area contributed by atoms with Gasteiger partial charge in [0.15, 0.2) is 11.4 Å². The van der Waals surface area contributed by atoms with E-state index in [1.165, 1.54) is 32.1 Å². The van der Waals surface area contributed by atoms with Crippen molar-refractivity contribution < 1.29 is 19.1 Å². The summed E-state index contributed by atoms with van der Waals surface area (Å²) in [5.41, 5.74) is 4.37. The van der Waals surface area contributed by atoms with Gasteiger partial charge in [0.2, 0.25) is 5.91 Å². The first-order valence-electron chi connectivity index (χ1n) is 17.7. The molecule has 3 fully saturated rings. The summed E-state index contributed by atoms with van der Waals surface area (Å²) >= 11 is 0. The Morgan fingerprint density at radius 1 is 1.02 bits per heavy atom. The Hall–Kier alpha value is -4.05. The number of benzene rings is 1. The van der Waals surface area contributed by atoms with Crippen LogP contribution in [0.2, 0.25) is 0 Å². The minimum Gasteiger partial charge on any atom is -0.462 e. The Morgan fingerprint density at radius 2 is 1.75 bits per heavy atom. The van der Waals surface area contributed by atoms with Crippen molar-refractivity contribution in [2.24, 2.45) is 17.8 Å². The molecule has 2 aliphatic heterocycles. The molecule has 3 aromatic rings. The van der Waals surface area contributed by atoms with E-state index in [9.17, 15) is 14.4 Å². The highest BCUT2D eigenvalue weighted by Gasteiger charge is 2.28. The first-order valence-corrected chi connectivity index (χ1v) is 17.7. The lowest BCUT2D eigenvalue weighted by Gasteiger charge is -2.38.